The van der Waals surface area contributed by atoms with Gasteiger partial charge in [0.1, 0.15) is 23.0 Å². The smallest absolute Gasteiger partial charge is 0.338 e. The summed E-state index contributed by atoms with van der Waals surface area (Å²) in [5, 5.41) is 2.97. The van der Waals surface area contributed by atoms with Crippen LogP contribution in [-0.4, -0.2) is 58.9 Å². The number of methoxy groups -OCH3 is 4. The van der Waals surface area contributed by atoms with E-state index < -0.39 is 47.8 Å². The van der Waals surface area contributed by atoms with Crippen LogP contribution in [0.1, 0.15) is 70.4 Å². The molecule has 0 aromatic heterocycles. The zero-order chi connectivity index (χ0) is 42.7. The number of hydrogen-bond acceptors (Lipinski definition) is 13. The summed E-state index contributed by atoms with van der Waals surface area (Å²) in [6.45, 7) is 1.98. The molecule has 0 fully saturated rings. The van der Waals surface area contributed by atoms with Crippen molar-refractivity contribution in [3.63, 3.8) is 0 Å². The SMILES string of the molecule is COc1cc2c(c(OC)c1OC)-c1ccc(OC)c(=O)cc1C(NC(=O)COC(=O)c1cccc(C3c4ccc(OC(C)=O)cc4Oc4cc(OC(C)=O)ccc43)c1)CC2. The van der Waals surface area contributed by atoms with E-state index in [0.717, 1.165) is 16.7 Å². The molecule has 0 saturated heterocycles. The Labute approximate surface area is 344 Å². The summed E-state index contributed by atoms with van der Waals surface area (Å²) in [4.78, 5) is 63.9. The second-order valence-electron chi connectivity index (χ2n) is 13.9. The van der Waals surface area contributed by atoms with Gasteiger partial charge in [-0.3, -0.25) is 19.2 Å². The Kier molecular flexibility index (Phi) is 11.7. The van der Waals surface area contributed by atoms with E-state index in [-0.39, 0.29) is 22.8 Å². The lowest BCUT2D eigenvalue weighted by molar-refractivity contribution is -0.132. The number of ether oxygens (including phenoxy) is 8. The Hall–Kier alpha value is -7.35. The van der Waals surface area contributed by atoms with Gasteiger partial charge >= 0.3 is 17.9 Å². The molecule has 7 rings (SSSR count). The first-order chi connectivity index (χ1) is 28.9. The van der Waals surface area contributed by atoms with E-state index in [1.54, 1.807) is 66.7 Å². The normalized spacial score (nSPS) is 13.7. The molecule has 1 amide bonds. The number of esters is 3. The maximum Gasteiger partial charge on any atom is 0.338 e. The summed E-state index contributed by atoms with van der Waals surface area (Å²) < 4.78 is 44.9. The number of amides is 1. The van der Waals surface area contributed by atoms with Crippen molar-refractivity contribution in [2.45, 2.75) is 38.6 Å². The molecule has 0 bridgehead atoms. The van der Waals surface area contributed by atoms with Crippen LogP contribution in [0.15, 0.2) is 89.7 Å². The standard InChI is InChI=1S/C46H41NO13/c1-24(48)58-29-11-13-32-38(20-29)60-39-21-30(59-25(2)49)12-14-33(39)42(32)26-8-7-9-28(18-26)46(52)57-23-41(51)47-35-16-10-27-19-40(54-4)44(55-5)45(56-6)43(27)31-15-17-37(53-3)36(50)22-34(31)35/h7-9,11-15,17-22,35,42H,10,16,23H2,1-6H3,(H,47,51). The molecule has 14 heteroatoms. The van der Waals surface area contributed by atoms with Crippen LogP contribution < -0.4 is 43.9 Å². The van der Waals surface area contributed by atoms with E-state index in [9.17, 15) is 24.0 Å². The molecule has 2 aliphatic rings. The minimum Gasteiger partial charge on any atom is -0.493 e. The second kappa shape index (κ2) is 17.2. The number of hydrogen-bond donors (Lipinski definition) is 1. The minimum absolute atomic E-state index is 0.108. The lowest BCUT2D eigenvalue weighted by Gasteiger charge is -2.29. The quantitative estimate of drug-likeness (QED) is 0.107. The predicted molar refractivity (Wildman–Crippen MR) is 217 cm³/mol. The molecule has 0 radical (unpaired) electrons. The van der Waals surface area contributed by atoms with Gasteiger partial charge < -0.3 is 43.2 Å². The first kappa shape index (κ1) is 40.8. The molecule has 308 valence electrons. The van der Waals surface area contributed by atoms with Crippen LogP contribution in [0.4, 0.5) is 0 Å². The molecule has 1 unspecified atom stereocenters. The molecule has 1 aliphatic carbocycles. The van der Waals surface area contributed by atoms with E-state index in [0.29, 0.717) is 63.8 Å². The molecular weight excluding hydrogens is 774 g/mol. The highest BCUT2D eigenvalue weighted by Gasteiger charge is 2.32. The van der Waals surface area contributed by atoms with E-state index in [1.165, 1.54) is 48.4 Å². The van der Waals surface area contributed by atoms with Crippen molar-refractivity contribution in [3.05, 3.63) is 129 Å². The zero-order valence-corrected chi connectivity index (χ0v) is 33.7. The maximum absolute atomic E-state index is 13.6. The Bertz CT molecular complexity index is 2540. The van der Waals surface area contributed by atoms with Crippen molar-refractivity contribution in [3.8, 4) is 57.1 Å². The van der Waals surface area contributed by atoms with Crippen LogP contribution in [-0.2, 0) is 25.5 Å². The fraction of sp³-hybridized carbons (Fsp3) is 0.239. The van der Waals surface area contributed by atoms with Gasteiger partial charge in [0.05, 0.1) is 40.0 Å². The van der Waals surface area contributed by atoms with Crippen LogP contribution in [0, 0.1) is 0 Å². The van der Waals surface area contributed by atoms with Gasteiger partial charge in [0.25, 0.3) is 5.91 Å². The molecule has 5 aromatic rings. The summed E-state index contributed by atoms with van der Waals surface area (Å²) in [6, 6.07) is 22.7. The fourth-order valence-corrected chi connectivity index (χ4v) is 7.70. The zero-order valence-electron chi connectivity index (χ0n) is 33.7. The molecular formula is C46H41NO13. The lowest BCUT2D eigenvalue weighted by atomic mass is 9.82. The van der Waals surface area contributed by atoms with Crippen LogP contribution in [0.25, 0.3) is 11.1 Å². The van der Waals surface area contributed by atoms with E-state index in [4.69, 9.17) is 37.9 Å². The number of nitrogens with one attached hydrogen (secondary N) is 1. The third-order valence-electron chi connectivity index (χ3n) is 10.2. The first-order valence-electron chi connectivity index (χ1n) is 18.9. The van der Waals surface area contributed by atoms with E-state index in [1.807, 2.05) is 12.1 Å². The van der Waals surface area contributed by atoms with Crippen molar-refractivity contribution in [1.82, 2.24) is 5.32 Å². The fourth-order valence-electron chi connectivity index (χ4n) is 7.70. The van der Waals surface area contributed by atoms with Gasteiger partial charge in [-0.25, -0.2) is 4.79 Å². The van der Waals surface area contributed by atoms with Crippen molar-refractivity contribution >= 4 is 23.8 Å². The number of carbonyl (C=O) groups is 4. The highest BCUT2D eigenvalue weighted by molar-refractivity contribution is 5.92. The van der Waals surface area contributed by atoms with Crippen molar-refractivity contribution < 1.29 is 57.1 Å². The molecule has 0 spiro atoms. The summed E-state index contributed by atoms with van der Waals surface area (Å²) in [5.41, 5.74) is 4.56. The van der Waals surface area contributed by atoms with Gasteiger partial charge in [0.15, 0.2) is 23.9 Å². The number of carbonyl (C=O) groups excluding carboxylic acids is 4. The minimum atomic E-state index is -0.745. The summed E-state index contributed by atoms with van der Waals surface area (Å²) in [6.07, 6.45) is 0.840. The number of aryl methyl sites for hydroxylation is 1. The van der Waals surface area contributed by atoms with Crippen LogP contribution in [0.2, 0.25) is 0 Å². The predicted octanol–water partition coefficient (Wildman–Crippen LogP) is 6.85. The van der Waals surface area contributed by atoms with Crippen molar-refractivity contribution in [2.75, 3.05) is 35.0 Å². The molecule has 1 aliphatic heterocycles. The van der Waals surface area contributed by atoms with Crippen LogP contribution >= 0.6 is 0 Å². The van der Waals surface area contributed by atoms with Gasteiger partial charge in [0.2, 0.25) is 11.2 Å². The first-order valence-corrected chi connectivity index (χ1v) is 18.9. The molecule has 5 aromatic carbocycles. The molecule has 14 nitrogen and oxygen atoms in total. The van der Waals surface area contributed by atoms with Crippen molar-refractivity contribution in [1.29, 1.82) is 0 Å². The summed E-state index contributed by atoms with van der Waals surface area (Å²) >= 11 is 0. The third kappa shape index (κ3) is 8.17. The largest absolute Gasteiger partial charge is 0.493 e. The Morgan fingerprint density at radius 3 is 1.95 bits per heavy atom. The topological polar surface area (TPSA) is 171 Å². The van der Waals surface area contributed by atoms with Crippen LogP contribution in [0.5, 0.6) is 46.0 Å². The lowest BCUT2D eigenvalue weighted by Crippen LogP contribution is -2.33. The van der Waals surface area contributed by atoms with E-state index in [2.05, 4.69) is 5.32 Å². The Morgan fingerprint density at radius 2 is 1.35 bits per heavy atom. The Balaban J connectivity index is 1.15. The van der Waals surface area contributed by atoms with E-state index >= 15 is 0 Å². The molecule has 0 saturated carbocycles. The third-order valence-corrected chi connectivity index (χ3v) is 10.2. The number of fused-ring (bicyclic) bond motifs is 5. The summed E-state index contributed by atoms with van der Waals surface area (Å²) in [7, 11) is 5.95. The molecule has 1 heterocycles. The molecule has 1 N–H and O–H groups in total. The van der Waals surface area contributed by atoms with Gasteiger partial charge in [-0.05, 0) is 77.6 Å². The average Bonchev–Trinajstić information content (AvgIpc) is 3.48. The summed E-state index contributed by atoms with van der Waals surface area (Å²) in [5.74, 6) is -0.129. The van der Waals surface area contributed by atoms with Crippen LogP contribution in [0.3, 0.4) is 0 Å². The van der Waals surface area contributed by atoms with Gasteiger partial charge in [-0.15, -0.1) is 0 Å². The Morgan fingerprint density at radius 1 is 0.700 bits per heavy atom. The monoisotopic (exact) mass is 815 g/mol. The van der Waals surface area contributed by atoms with Gasteiger partial charge in [-0.1, -0.05) is 30.3 Å². The second-order valence-corrected chi connectivity index (χ2v) is 13.9. The maximum atomic E-state index is 13.6. The molecule has 60 heavy (non-hydrogen) atoms. The van der Waals surface area contributed by atoms with Gasteiger partial charge in [-0.2, -0.15) is 0 Å². The van der Waals surface area contributed by atoms with Gasteiger partial charge in [0, 0.05) is 48.6 Å². The highest BCUT2D eigenvalue weighted by Crippen LogP contribution is 2.51. The molecule has 1 atom stereocenters. The highest BCUT2D eigenvalue weighted by atomic mass is 16.6. The average molecular weight is 816 g/mol. The number of benzene rings is 4. The van der Waals surface area contributed by atoms with Crippen molar-refractivity contribution in [2.24, 2.45) is 0 Å². The number of rotatable bonds is 11.